The lowest BCUT2D eigenvalue weighted by Gasteiger charge is -2.08. The number of anilines is 1. The Hall–Kier alpha value is -4.74. The Bertz CT molecular complexity index is 1450. The summed E-state index contributed by atoms with van der Waals surface area (Å²) >= 11 is 0. The molecule has 0 unspecified atom stereocenters. The van der Waals surface area contributed by atoms with Crippen LogP contribution in [0.5, 0.6) is 0 Å². The molecule has 0 fully saturated rings. The van der Waals surface area contributed by atoms with Gasteiger partial charge in [-0.2, -0.15) is 18.3 Å². The molecule has 1 N–H and O–H groups in total. The van der Waals surface area contributed by atoms with Crippen LogP contribution in [0.1, 0.15) is 16.7 Å². The highest BCUT2D eigenvalue weighted by atomic mass is 19.4. The van der Waals surface area contributed by atoms with Gasteiger partial charge in [-0.25, -0.2) is 0 Å². The predicted molar refractivity (Wildman–Crippen MR) is 123 cm³/mol. The molecule has 0 aliphatic rings. The Morgan fingerprint density at radius 3 is 2.34 bits per heavy atom. The molecular weight excluding hydrogens is 467 g/mol. The van der Waals surface area contributed by atoms with E-state index in [1.165, 1.54) is 18.3 Å². The van der Waals surface area contributed by atoms with Gasteiger partial charge < -0.3 is 4.57 Å². The number of nitro benzene ring substituents is 2. The minimum Gasteiger partial charge on any atom is -0.342 e. The van der Waals surface area contributed by atoms with Crippen LogP contribution in [-0.2, 0) is 12.7 Å². The highest BCUT2D eigenvalue weighted by Gasteiger charge is 2.33. The predicted octanol–water partition coefficient (Wildman–Crippen LogP) is 5.97. The molecule has 4 aromatic rings. The number of benzene rings is 3. The van der Waals surface area contributed by atoms with E-state index < -0.39 is 27.3 Å². The zero-order valence-electron chi connectivity index (χ0n) is 17.8. The Morgan fingerprint density at radius 1 is 0.971 bits per heavy atom. The van der Waals surface area contributed by atoms with Crippen molar-refractivity contribution in [3.8, 4) is 0 Å². The molecule has 4 rings (SSSR count). The summed E-state index contributed by atoms with van der Waals surface area (Å²) in [5.74, 6) is 0. The van der Waals surface area contributed by atoms with Gasteiger partial charge in [-0.15, -0.1) is 0 Å². The first kappa shape index (κ1) is 23.4. The molecule has 178 valence electrons. The number of para-hydroxylation sites is 1. The molecule has 0 spiro atoms. The van der Waals surface area contributed by atoms with Gasteiger partial charge in [0.2, 0.25) is 0 Å². The number of rotatable bonds is 7. The van der Waals surface area contributed by atoms with Gasteiger partial charge >= 0.3 is 6.18 Å². The van der Waals surface area contributed by atoms with Gasteiger partial charge in [0.1, 0.15) is 5.69 Å². The average molecular weight is 483 g/mol. The molecule has 0 atom stereocenters. The van der Waals surface area contributed by atoms with Crippen molar-refractivity contribution in [2.75, 3.05) is 5.43 Å². The zero-order valence-corrected chi connectivity index (χ0v) is 17.8. The van der Waals surface area contributed by atoms with Crippen LogP contribution in [0.3, 0.4) is 0 Å². The summed E-state index contributed by atoms with van der Waals surface area (Å²) in [6.07, 6.45) is -1.51. The lowest BCUT2D eigenvalue weighted by molar-refractivity contribution is -0.384. The molecule has 35 heavy (non-hydrogen) atoms. The number of alkyl halides is 3. The first-order valence-electron chi connectivity index (χ1n) is 10.1. The lowest BCUT2D eigenvalue weighted by atomic mass is 10.1. The van der Waals surface area contributed by atoms with Crippen LogP contribution in [0.2, 0.25) is 0 Å². The summed E-state index contributed by atoms with van der Waals surface area (Å²) in [5.41, 5.74) is 2.71. The Labute approximate surface area is 195 Å². The fourth-order valence-corrected chi connectivity index (χ4v) is 3.55. The number of aromatic nitrogens is 1. The van der Waals surface area contributed by atoms with Crippen molar-refractivity contribution in [1.82, 2.24) is 4.57 Å². The van der Waals surface area contributed by atoms with Gasteiger partial charge in [0.05, 0.1) is 21.6 Å². The molecule has 0 aliphatic carbocycles. The standard InChI is InChI=1S/C23H16F3N5O4/c24-23(25,26)17-7-10-20(22(11-17)31(34)35)28-27-12-16-14-29(21-4-2-1-3-19(16)21)13-15-5-8-18(9-6-15)30(32)33/h1-12,14,28H,13H2/b27-12-. The summed E-state index contributed by atoms with van der Waals surface area (Å²) in [6.45, 7) is 0.421. The van der Waals surface area contributed by atoms with Gasteiger partial charge in [-0.3, -0.25) is 25.7 Å². The zero-order chi connectivity index (χ0) is 25.2. The Kier molecular flexibility index (Phi) is 6.19. The SMILES string of the molecule is O=[N+]([O-])c1ccc(Cn2cc(/C=N\Nc3ccc(C(F)(F)F)cc3[N+](=O)[O-])c3ccccc32)cc1. The van der Waals surface area contributed by atoms with E-state index in [1.54, 1.807) is 18.3 Å². The van der Waals surface area contributed by atoms with Gasteiger partial charge in [-0.05, 0) is 23.8 Å². The fourth-order valence-electron chi connectivity index (χ4n) is 3.55. The third-order valence-corrected chi connectivity index (χ3v) is 5.23. The van der Waals surface area contributed by atoms with Gasteiger partial charge in [-0.1, -0.05) is 30.3 Å². The molecule has 9 nitrogen and oxygen atoms in total. The number of nitro groups is 2. The van der Waals surface area contributed by atoms with Crippen molar-refractivity contribution < 1.29 is 23.0 Å². The van der Waals surface area contributed by atoms with Crippen molar-refractivity contribution >= 4 is 34.2 Å². The van der Waals surface area contributed by atoms with Gasteiger partial charge in [0.15, 0.2) is 0 Å². The van der Waals surface area contributed by atoms with E-state index in [9.17, 15) is 33.4 Å². The molecule has 0 saturated heterocycles. The summed E-state index contributed by atoms with van der Waals surface area (Å²) in [6, 6.07) is 15.7. The third-order valence-electron chi connectivity index (χ3n) is 5.23. The first-order chi connectivity index (χ1) is 16.6. The van der Waals surface area contributed by atoms with Crippen molar-refractivity contribution in [3.05, 3.63) is 110 Å². The van der Waals surface area contributed by atoms with Crippen LogP contribution in [0.4, 0.5) is 30.2 Å². The molecule has 3 aromatic carbocycles. The second-order valence-electron chi connectivity index (χ2n) is 7.51. The number of fused-ring (bicyclic) bond motifs is 1. The van der Waals surface area contributed by atoms with Crippen molar-refractivity contribution in [1.29, 1.82) is 0 Å². The summed E-state index contributed by atoms with van der Waals surface area (Å²) < 4.78 is 40.6. The normalized spacial score (nSPS) is 11.7. The molecule has 0 amide bonds. The van der Waals surface area contributed by atoms with Crippen LogP contribution in [0.15, 0.2) is 78.0 Å². The minimum atomic E-state index is -4.71. The third kappa shape index (κ3) is 5.11. The maximum atomic E-state index is 12.9. The summed E-state index contributed by atoms with van der Waals surface area (Å²) in [5, 5.41) is 26.9. The van der Waals surface area contributed by atoms with E-state index >= 15 is 0 Å². The van der Waals surface area contributed by atoms with Gasteiger partial charge in [0.25, 0.3) is 11.4 Å². The maximum Gasteiger partial charge on any atom is 0.416 e. The highest BCUT2D eigenvalue weighted by Crippen LogP contribution is 2.35. The molecular formula is C23H16F3N5O4. The summed E-state index contributed by atoms with van der Waals surface area (Å²) in [7, 11) is 0. The molecule has 1 heterocycles. The smallest absolute Gasteiger partial charge is 0.342 e. The molecule has 12 heteroatoms. The maximum absolute atomic E-state index is 12.9. The molecule has 1 aromatic heterocycles. The summed E-state index contributed by atoms with van der Waals surface area (Å²) in [4.78, 5) is 20.7. The Balaban J connectivity index is 1.60. The van der Waals surface area contributed by atoms with E-state index in [0.717, 1.165) is 28.6 Å². The second-order valence-corrected chi connectivity index (χ2v) is 7.51. The number of hydrazone groups is 1. The molecule has 0 bridgehead atoms. The van der Waals surface area contributed by atoms with E-state index in [4.69, 9.17) is 0 Å². The van der Waals surface area contributed by atoms with Crippen molar-refractivity contribution in [2.24, 2.45) is 5.10 Å². The van der Waals surface area contributed by atoms with E-state index in [-0.39, 0.29) is 11.4 Å². The number of hydrogen-bond acceptors (Lipinski definition) is 6. The quantitative estimate of drug-likeness (QED) is 0.198. The largest absolute Gasteiger partial charge is 0.416 e. The van der Waals surface area contributed by atoms with Gasteiger partial charge in [0, 0.05) is 47.4 Å². The molecule has 0 radical (unpaired) electrons. The number of hydrogen-bond donors (Lipinski definition) is 1. The van der Waals surface area contributed by atoms with E-state index in [1.807, 2.05) is 28.8 Å². The number of halogens is 3. The first-order valence-corrected chi connectivity index (χ1v) is 10.1. The van der Waals surface area contributed by atoms with Crippen molar-refractivity contribution in [3.63, 3.8) is 0 Å². The number of non-ortho nitro benzene ring substituents is 1. The molecule has 0 aliphatic heterocycles. The fraction of sp³-hybridized carbons (Fsp3) is 0.0870. The van der Waals surface area contributed by atoms with Crippen LogP contribution in [0.25, 0.3) is 10.9 Å². The number of nitrogens with one attached hydrogen (secondary N) is 1. The number of nitrogens with zero attached hydrogens (tertiary/aromatic N) is 4. The minimum absolute atomic E-state index is 0.0117. The van der Waals surface area contributed by atoms with Crippen LogP contribution in [-0.4, -0.2) is 20.6 Å². The van der Waals surface area contributed by atoms with Crippen LogP contribution >= 0.6 is 0 Å². The molecule has 0 saturated carbocycles. The van der Waals surface area contributed by atoms with E-state index in [2.05, 4.69) is 10.5 Å². The van der Waals surface area contributed by atoms with Crippen LogP contribution < -0.4 is 5.43 Å². The van der Waals surface area contributed by atoms with Crippen molar-refractivity contribution in [2.45, 2.75) is 12.7 Å². The topological polar surface area (TPSA) is 116 Å². The Morgan fingerprint density at radius 2 is 1.69 bits per heavy atom. The average Bonchev–Trinajstić information content (AvgIpc) is 3.16. The van der Waals surface area contributed by atoms with E-state index in [0.29, 0.717) is 18.2 Å². The second kappa shape index (κ2) is 9.25. The lowest BCUT2D eigenvalue weighted by Crippen LogP contribution is -2.06. The highest BCUT2D eigenvalue weighted by molar-refractivity contribution is 5.99. The van der Waals surface area contributed by atoms with Crippen LogP contribution in [0, 0.1) is 20.2 Å². The monoisotopic (exact) mass is 483 g/mol.